The van der Waals surface area contributed by atoms with Crippen LogP contribution in [0.4, 0.5) is 5.69 Å². The van der Waals surface area contributed by atoms with Gasteiger partial charge in [0.05, 0.1) is 12.0 Å². The normalized spacial score (nSPS) is 13.6. The zero-order valence-corrected chi connectivity index (χ0v) is 21.5. The molecule has 6 nitrogen and oxygen atoms in total. The van der Waals surface area contributed by atoms with E-state index in [4.69, 9.17) is 9.15 Å². The molecule has 1 saturated heterocycles. The van der Waals surface area contributed by atoms with Crippen molar-refractivity contribution < 1.29 is 14.3 Å². The number of halogens is 2. The third-order valence-corrected chi connectivity index (χ3v) is 6.21. The number of nitrogens with zero attached hydrogens (tertiary/aromatic N) is 2. The summed E-state index contributed by atoms with van der Waals surface area (Å²) in [5, 5.41) is 10.2. The monoisotopic (exact) mass is 528 g/mol. The predicted octanol–water partition coefficient (Wildman–Crippen LogP) is 5.60. The van der Waals surface area contributed by atoms with Gasteiger partial charge in [-0.25, -0.2) is 0 Å². The first-order chi connectivity index (χ1) is 16.7. The SMILES string of the molecule is Cl.Cl.O=c1cc(-c2cccc(OCCCN3CCN(c4ccccc4)CC3)c2)oc2cc(O)ccc12. The zero-order chi connectivity index (χ0) is 23.3. The van der Waals surface area contributed by atoms with Crippen LogP contribution in [0.25, 0.3) is 22.3 Å². The van der Waals surface area contributed by atoms with Gasteiger partial charge in [-0.1, -0.05) is 30.3 Å². The number of ether oxygens (including phenoxy) is 1. The fraction of sp³-hybridized carbons (Fsp3) is 0.250. The molecule has 5 rings (SSSR count). The van der Waals surface area contributed by atoms with E-state index < -0.39 is 0 Å². The Hall–Kier alpha value is -3.19. The molecule has 0 saturated carbocycles. The molecule has 0 bridgehead atoms. The number of piperazine rings is 1. The van der Waals surface area contributed by atoms with Crippen LogP contribution in [0.3, 0.4) is 0 Å². The van der Waals surface area contributed by atoms with Crippen molar-refractivity contribution in [3.05, 3.63) is 89.1 Å². The zero-order valence-electron chi connectivity index (χ0n) is 19.8. The highest BCUT2D eigenvalue weighted by Gasteiger charge is 2.16. The molecule has 8 heteroatoms. The number of rotatable bonds is 7. The third-order valence-electron chi connectivity index (χ3n) is 6.21. The van der Waals surface area contributed by atoms with Crippen LogP contribution in [0.1, 0.15) is 6.42 Å². The van der Waals surface area contributed by atoms with Crippen molar-refractivity contribution in [3.8, 4) is 22.8 Å². The van der Waals surface area contributed by atoms with E-state index in [2.05, 4.69) is 40.1 Å². The minimum absolute atomic E-state index is 0. The van der Waals surface area contributed by atoms with E-state index in [9.17, 15) is 9.90 Å². The Kier molecular flexibility index (Phi) is 9.65. The number of aromatic hydroxyl groups is 1. The van der Waals surface area contributed by atoms with Gasteiger partial charge < -0.3 is 19.2 Å². The summed E-state index contributed by atoms with van der Waals surface area (Å²) in [5.41, 5.74) is 2.28. The minimum Gasteiger partial charge on any atom is -0.508 e. The van der Waals surface area contributed by atoms with Crippen molar-refractivity contribution in [1.82, 2.24) is 4.90 Å². The summed E-state index contributed by atoms with van der Waals surface area (Å²) in [4.78, 5) is 17.4. The molecule has 36 heavy (non-hydrogen) atoms. The Labute approximate surface area is 222 Å². The summed E-state index contributed by atoms with van der Waals surface area (Å²) in [5.74, 6) is 1.25. The van der Waals surface area contributed by atoms with E-state index >= 15 is 0 Å². The summed E-state index contributed by atoms with van der Waals surface area (Å²) >= 11 is 0. The number of phenols is 1. The standard InChI is InChI=1S/C28H28N2O4.2ClH/c31-23-10-11-25-26(32)20-27(34-28(25)19-23)21-6-4-9-24(18-21)33-17-5-12-29-13-15-30(16-14-29)22-7-2-1-3-8-22;;/h1-4,6-11,18-20,31H,5,12-17H2;2*1H. The average Bonchev–Trinajstić information content (AvgIpc) is 2.87. The predicted molar refractivity (Wildman–Crippen MR) is 149 cm³/mol. The van der Waals surface area contributed by atoms with Crippen LogP contribution in [0, 0.1) is 0 Å². The van der Waals surface area contributed by atoms with Crippen molar-refractivity contribution in [3.63, 3.8) is 0 Å². The number of hydrogen-bond donors (Lipinski definition) is 1. The smallest absolute Gasteiger partial charge is 0.193 e. The molecule has 0 amide bonds. The average molecular weight is 529 g/mol. The molecule has 190 valence electrons. The second-order valence-electron chi connectivity index (χ2n) is 8.55. The Morgan fingerprint density at radius 2 is 1.64 bits per heavy atom. The van der Waals surface area contributed by atoms with Crippen molar-refractivity contribution in [2.75, 3.05) is 44.2 Å². The van der Waals surface area contributed by atoms with E-state index in [1.54, 1.807) is 6.07 Å². The molecule has 1 fully saturated rings. The number of phenolic OH excluding ortho intramolecular Hbond substituents is 1. The molecule has 1 N–H and O–H groups in total. The summed E-state index contributed by atoms with van der Waals surface area (Å²) < 4.78 is 11.9. The first-order valence-electron chi connectivity index (χ1n) is 11.7. The number of benzene rings is 3. The van der Waals surface area contributed by atoms with Gasteiger partial charge in [0, 0.05) is 56.1 Å². The lowest BCUT2D eigenvalue weighted by atomic mass is 10.1. The summed E-state index contributed by atoms with van der Waals surface area (Å²) in [7, 11) is 0. The Morgan fingerprint density at radius 1 is 0.861 bits per heavy atom. The molecule has 1 aliphatic rings. The summed E-state index contributed by atoms with van der Waals surface area (Å²) in [6.45, 7) is 5.83. The molecular weight excluding hydrogens is 499 g/mol. The van der Waals surface area contributed by atoms with Crippen molar-refractivity contribution in [1.29, 1.82) is 0 Å². The van der Waals surface area contributed by atoms with Gasteiger partial charge in [-0.15, -0.1) is 24.8 Å². The maximum Gasteiger partial charge on any atom is 0.193 e. The number of para-hydroxylation sites is 1. The molecule has 0 unspecified atom stereocenters. The Bertz CT molecular complexity index is 1320. The number of anilines is 1. The van der Waals surface area contributed by atoms with E-state index in [1.807, 2.05) is 24.3 Å². The van der Waals surface area contributed by atoms with Crippen molar-refractivity contribution in [2.45, 2.75) is 6.42 Å². The minimum atomic E-state index is -0.144. The third kappa shape index (κ3) is 6.52. The first-order valence-corrected chi connectivity index (χ1v) is 11.7. The maximum atomic E-state index is 12.5. The molecule has 3 aromatic carbocycles. The van der Waals surface area contributed by atoms with Gasteiger partial charge in [0.1, 0.15) is 22.8 Å². The maximum absolute atomic E-state index is 12.5. The molecule has 2 heterocycles. The quantitative estimate of drug-likeness (QED) is 0.315. The highest BCUT2D eigenvalue weighted by atomic mass is 35.5. The van der Waals surface area contributed by atoms with Crippen LogP contribution in [0.15, 0.2) is 88.1 Å². The van der Waals surface area contributed by atoms with Crippen LogP contribution in [0.2, 0.25) is 0 Å². The van der Waals surface area contributed by atoms with Gasteiger partial charge in [0.15, 0.2) is 5.43 Å². The van der Waals surface area contributed by atoms with Gasteiger partial charge in [-0.3, -0.25) is 9.69 Å². The lowest BCUT2D eigenvalue weighted by Crippen LogP contribution is -2.46. The van der Waals surface area contributed by atoms with E-state index in [1.165, 1.54) is 23.9 Å². The summed E-state index contributed by atoms with van der Waals surface area (Å²) in [6, 6.07) is 24.1. The molecule has 0 aliphatic carbocycles. The largest absolute Gasteiger partial charge is 0.508 e. The van der Waals surface area contributed by atoms with E-state index in [-0.39, 0.29) is 36.0 Å². The fourth-order valence-corrected chi connectivity index (χ4v) is 4.37. The van der Waals surface area contributed by atoms with E-state index in [0.717, 1.165) is 50.5 Å². The summed E-state index contributed by atoms with van der Waals surface area (Å²) in [6.07, 6.45) is 0.944. The molecule has 4 aromatic rings. The van der Waals surface area contributed by atoms with Crippen LogP contribution in [-0.2, 0) is 0 Å². The lowest BCUT2D eigenvalue weighted by molar-refractivity contribution is 0.225. The number of hydrogen-bond acceptors (Lipinski definition) is 6. The second kappa shape index (κ2) is 12.7. The Balaban J connectivity index is 0.00000180. The second-order valence-corrected chi connectivity index (χ2v) is 8.55. The molecular formula is C28H30Cl2N2O4. The van der Waals surface area contributed by atoms with Crippen LogP contribution >= 0.6 is 24.8 Å². The number of fused-ring (bicyclic) bond motifs is 1. The molecule has 0 atom stereocenters. The van der Waals surface area contributed by atoms with Gasteiger partial charge in [-0.2, -0.15) is 0 Å². The van der Waals surface area contributed by atoms with Gasteiger partial charge >= 0.3 is 0 Å². The lowest BCUT2D eigenvalue weighted by Gasteiger charge is -2.36. The molecule has 1 aromatic heterocycles. The molecule has 1 aliphatic heterocycles. The van der Waals surface area contributed by atoms with Crippen LogP contribution in [-0.4, -0.2) is 49.3 Å². The van der Waals surface area contributed by atoms with E-state index in [0.29, 0.717) is 23.3 Å². The first kappa shape index (κ1) is 27.4. The van der Waals surface area contributed by atoms with Crippen LogP contribution < -0.4 is 15.1 Å². The van der Waals surface area contributed by atoms with Gasteiger partial charge in [-0.05, 0) is 42.8 Å². The molecule has 0 spiro atoms. The Morgan fingerprint density at radius 3 is 2.42 bits per heavy atom. The van der Waals surface area contributed by atoms with Crippen molar-refractivity contribution in [2.24, 2.45) is 0 Å². The van der Waals surface area contributed by atoms with Gasteiger partial charge in [0.25, 0.3) is 0 Å². The van der Waals surface area contributed by atoms with Crippen LogP contribution in [0.5, 0.6) is 11.5 Å². The fourth-order valence-electron chi connectivity index (χ4n) is 4.37. The van der Waals surface area contributed by atoms with Gasteiger partial charge in [0.2, 0.25) is 0 Å². The topological polar surface area (TPSA) is 66.2 Å². The molecule has 0 radical (unpaired) electrons. The van der Waals surface area contributed by atoms with Crippen molar-refractivity contribution >= 4 is 41.5 Å². The highest BCUT2D eigenvalue weighted by molar-refractivity contribution is 5.85. The highest BCUT2D eigenvalue weighted by Crippen LogP contribution is 2.27.